The summed E-state index contributed by atoms with van der Waals surface area (Å²) in [5.74, 6) is 0.318. The lowest BCUT2D eigenvalue weighted by atomic mass is 9.72. The smallest absolute Gasteiger partial charge is 0.161 e. The van der Waals surface area contributed by atoms with Crippen molar-refractivity contribution in [3.63, 3.8) is 0 Å². The molecule has 1 N–H and O–H groups in total. The van der Waals surface area contributed by atoms with Crippen LogP contribution in [0.2, 0.25) is 0 Å². The van der Waals surface area contributed by atoms with Crippen LogP contribution in [0.15, 0.2) is 21.9 Å². The second-order valence-electron chi connectivity index (χ2n) is 6.23. The van der Waals surface area contributed by atoms with Crippen molar-refractivity contribution in [3.05, 3.63) is 21.9 Å². The van der Waals surface area contributed by atoms with Crippen LogP contribution in [0.5, 0.6) is 0 Å². The van der Waals surface area contributed by atoms with Crippen LogP contribution in [0.25, 0.3) is 0 Å². The fourth-order valence-electron chi connectivity index (χ4n) is 2.94. The quantitative estimate of drug-likeness (QED) is 0.371. The maximum absolute atomic E-state index is 12.4. The summed E-state index contributed by atoms with van der Waals surface area (Å²) in [7, 11) is 0. The highest BCUT2D eigenvalue weighted by atomic mass is 32.2. The highest BCUT2D eigenvalue weighted by Gasteiger charge is 2.39. The van der Waals surface area contributed by atoms with Gasteiger partial charge in [-0.25, -0.2) is 4.89 Å². The van der Waals surface area contributed by atoms with Gasteiger partial charge in [0.15, 0.2) is 5.78 Å². The summed E-state index contributed by atoms with van der Waals surface area (Å²) >= 11 is 1.20. The Bertz CT molecular complexity index is 480. The number of carbonyl (C=O) groups excluding carboxylic acids is 1. The Balaban J connectivity index is 2.21. The van der Waals surface area contributed by atoms with Crippen molar-refractivity contribution in [1.82, 2.24) is 5.32 Å². The summed E-state index contributed by atoms with van der Waals surface area (Å²) in [5.41, 5.74) is 3.08. The molecule has 4 nitrogen and oxygen atoms in total. The SMILES string of the molecule is CCOOSC1=C(C)NC2=C(C(=O)CC(C)(C)C2)C1C. The second-order valence-corrected chi connectivity index (χ2v) is 6.97. The van der Waals surface area contributed by atoms with Crippen LogP contribution >= 0.6 is 12.0 Å². The van der Waals surface area contributed by atoms with Gasteiger partial charge in [-0.2, -0.15) is 4.33 Å². The molecule has 1 atom stereocenters. The van der Waals surface area contributed by atoms with E-state index in [0.29, 0.717) is 13.0 Å². The molecule has 0 aromatic rings. The normalized spacial score (nSPS) is 25.6. The number of ketones is 1. The number of nitrogens with one attached hydrogen (secondary N) is 1. The summed E-state index contributed by atoms with van der Waals surface area (Å²) in [6, 6.07) is 0. The van der Waals surface area contributed by atoms with Gasteiger partial charge in [-0.15, -0.1) is 0 Å². The fraction of sp³-hybridized carbons (Fsp3) is 0.667. The van der Waals surface area contributed by atoms with Crippen molar-refractivity contribution < 1.29 is 14.0 Å². The third kappa shape index (κ3) is 3.10. The highest BCUT2D eigenvalue weighted by Crippen LogP contribution is 2.45. The van der Waals surface area contributed by atoms with Crippen LogP contribution in [0.1, 0.15) is 47.5 Å². The average molecular weight is 297 g/mol. The van der Waals surface area contributed by atoms with Crippen LogP contribution in [0.4, 0.5) is 0 Å². The molecule has 1 aliphatic heterocycles. The predicted octanol–water partition coefficient (Wildman–Crippen LogP) is 3.72. The van der Waals surface area contributed by atoms with E-state index >= 15 is 0 Å². The molecule has 0 radical (unpaired) electrons. The van der Waals surface area contributed by atoms with Gasteiger partial charge >= 0.3 is 0 Å². The van der Waals surface area contributed by atoms with Crippen molar-refractivity contribution in [3.8, 4) is 0 Å². The Kier molecular flexibility index (Phi) is 4.62. The zero-order valence-corrected chi connectivity index (χ0v) is 13.6. The predicted molar refractivity (Wildman–Crippen MR) is 80.3 cm³/mol. The molecular formula is C15H23NO3S. The summed E-state index contributed by atoms with van der Waals surface area (Å²) < 4.78 is 5.10. The van der Waals surface area contributed by atoms with Gasteiger partial charge < -0.3 is 5.32 Å². The highest BCUT2D eigenvalue weighted by molar-refractivity contribution is 7.98. The van der Waals surface area contributed by atoms with E-state index in [2.05, 4.69) is 26.1 Å². The van der Waals surface area contributed by atoms with Crippen LogP contribution in [-0.2, 0) is 14.0 Å². The summed E-state index contributed by atoms with van der Waals surface area (Å²) in [6.45, 7) is 10.7. The lowest BCUT2D eigenvalue weighted by molar-refractivity contribution is -0.185. The van der Waals surface area contributed by atoms with Gasteiger partial charge in [0.2, 0.25) is 0 Å². The molecule has 0 fully saturated rings. The lowest BCUT2D eigenvalue weighted by Crippen LogP contribution is -2.36. The minimum atomic E-state index is 0.0371. The number of hydrogen-bond acceptors (Lipinski definition) is 5. The Hall–Kier alpha value is -0.780. The molecule has 2 aliphatic rings. The maximum Gasteiger partial charge on any atom is 0.161 e. The van der Waals surface area contributed by atoms with Gasteiger partial charge in [0, 0.05) is 34.2 Å². The third-order valence-electron chi connectivity index (χ3n) is 3.74. The minimum absolute atomic E-state index is 0.0371. The summed E-state index contributed by atoms with van der Waals surface area (Å²) in [5, 5.41) is 3.39. The monoisotopic (exact) mass is 297 g/mol. The van der Waals surface area contributed by atoms with E-state index < -0.39 is 0 Å². The molecule has 0 spiro atoms. The molecule has 1 heterocycles. The molecule has 0 amide bonds. The standard InChI is InChI=1S/C15H23NO3S/c1-6-18-19-20-14-9(2)13-11(16-10(14)3)7-15(4,5)8-12(13)17/h9,16H,6-8H2,1-5H3. The number of Topliss-reactive ketones (excluding diaryl/α,β-unsaturated/α-hetero) is 1. The van der Waals surface area contributed by atoms with Gasteiger partial charge in [0.05, 0.1) is 18.6 Å². The zero-order valence-electron chi connectivity index (χ0n) is 12.8. The average Bonchev–Trinajstić information content (AvgIpc) is 2.30. The molecule has 5 heteroatoms. The lowest BCUT2D eigenvalue weighted by Gasteiger charge is -2.38. The first kappa shape index (κ1) is 15.6. The number of carbonyl (C=O) groups is 1. The molecule has 112 valence electrons. The number of dihydropyridines is 1. The summed E-state index contributed by atoms with van der Waals surface area (Å²) in [6.07, 6.45) is 1.53. The molecule has 0 saturated carbocycles. The van der Waals surface area contributed by atoms with Crippen molar-refractivity contribution in [2.75, 3.05) is 6.61 Å². The van der Waals surface area contributed by atoms with Gasteiger partial charge in [-0.3, -0.25) is 4.79 Å². The topological polar surface area (TPSA) is 47.6 Å². The molecular weight excluding hydrogens is 274 g/mol. The number of rotatable bonds is 4. The number of hydrogen-bond donors (Lipinski definition) is 1. The van der Waals surface area contributed by atoms with E-state index in [9.17, 15) is 4.79 Å². The van der Waals surface area contributed by atoms with Crippen molar-refractivity contribution >= 4 is 17.8 Å². The van der Waals surface area contributed by atoms with Crippen molar-refractivity contribution in [2.24, 2.45) is 11.3 Å². The van der Waals surface area contributed by atoms with Gasteiger partial charge in [-0.1, -0.05) is 20.8 Å². The van der Waals surface area contributed by atoms with Crippen molar-refractivity contribution in [2.45, 2.75) is 47.5 Å². The molecule has 1 aliphatic carbocycles. The molecule has 0 aromatic heterocycles. The Morgan fingerprint density at radius 2 is 2.10 bits per heavy atom. The largest absolute Gasteiger partial charge is 0.361 e. The second kappa shape index (κ2) is 5.92. The van der Waals surface area contributed by atoms with Crippen LogP contribution < -0.4 is 5.32 Å². The zero-order chi connectivity index (χ0) is 14.9. The molecule has 0 aromatic carbocycles. The Labute approximate surface area is 125 Å². The fourth-order valence-corrected chi connectivity index (χ4v) is 3.59. The van der Waals surface area contributed by atoms with E-state index in [1.807, 2.05) is 13.8 Å². The van der Waals surface area contributed by atoms with Gasteiger partial charge in [-0.05, 0) is 25.7 Å². The van der Waals surface area contributed by atoms with Crippen LogP contribution in [0.3, 0.4) is 0 Å². The Morgan fingerprint density at radius 3 is 2.75 bits per heavy atom. The van der Waals surface area contributed by atoms with E-state index in [1.165, 1.54) is 12.0 Å². The van der Waals surface area contributed by atoms with Crippen LogP contribution in [0, 0.1) is 11.3 Å². The minimum Gasteiger partial charge on any atom is -0.361 e. The first-order valence-corrected chi connectivity index (χ1v) is 7.80. The Morgan fingerprint density at radius 1 is 1.40 bits per heavy atom. The summed E-state index contributed by atoms with van der Waals surface area (Å²) in [4.78, 5) is 18.4. The molecule has 0 saturated heterocycles. The van der Waals surface area contributed by atoms with E-state index in [1.54, 1.807) is 0 Å². The molecule has 0 bridgehead atoms. The number of allylic oxidation sites excluding steroid dienone is 4. The first-order valence-electron chi connectivity index (χ1n) is 7.06. The molecule has 1 unspecified atom stereocenters. The van der Waals surface area contributed by atoms with Gasteiger partial charge in [0.1, 0.15) is 0 Å². The maximum atomic E-state index is 12.4. The van der Waals surface area contributed by atoms with E-state index in [4.69, 9.17) is 9.22 Å². The van der Waals surface area contributed by atoms with E-state index in [0.717, 1.165) is 28.3 Å². The molecule has 20 heavy (non-hydrogen) atoms. The third-order valence-corrected chi connectivity index (χ3v) is 4.75. The first-order chi connectivity index (χ1) is 9.35. The van der Waals surface area contributed by atoms with Crippen molar-refractivity contribution in [1.29, 1.82) is 0 Å². The van der Waals surface area contributed by atoms with E-state index in [-0.39, 0.29) is 17.1 Å². The molecule has 2 rings (SSSR count). The van der Waals surface area contributed by atoms with Crippen LogP contribution in [-0.4, -0.2) is 12.4 Å². The van der Waals surface area contributed by atoms with Gasteiger partial charge in [0.25, 0.3) is 0 Å².